The van der Waals surface area contributed by atoms with Crippen LogP contribution in [-0.2, 0) is 11.2 Å². The van der Waals surface area contributed by atoms with Crippen LogP contribution in [0.1, 0.15) is 28.0 Å². The fourth-order valence-corrected chi connectivity index (χ4v) is 4.90. The van der Waals surface area contributed by atoms with Gasteiger partial charge >= 0.3 is 5.97 Å². The van der Waals surface area contributed by atoms with Gasteiger partial charge in [0.1, 0.15) is 11.4 Å². The SMILES string of the molecule is C=CC(=O)Nc1ccc2c(OCCCc3c(C(=O)O)[nH]c4c(-c5ccccc5C)cccc34)cccc2c1. The van der Waals surface area contributed by atoms with Gasteiger partial charge in [0.05, 0.1) is 12.1 Å². The number of rotatable bonds is 9. The van der Waals surface area contributed by atoms with Gasteiger partial charge in [-0.2, -0.15) is 0 Å². The summed E-state index contributed by atoms with van der Waals surface area (Å²) in [6, 6.07) is 25.5. The molecular formula is C32H28N2O4. The Morgan fingerprint density at radius 2 is 1.76 bits per heavy atom. The summed E-state index contributed by atoms with van der Waals surface area (Å²) in [4.78, 5) is 26.9. The minimum Gasteiger partial charge on any atom is -0.493 e. The number of carbonyl (C=O) groups excluding carboxylic acids is 1. The third kappa shape index (κ3) is 4.89. The van der Waals surface area contributed by atoms with E-state index in [0.717, 1.165) is 49.7 Å². The first-order valence-electron chi connectivity index (χ1n) is 12.5. The van der Waals surface area contributed by atoms with Gasteiger partial charge in [-0.25, -0.2) is 4.79 Å². The third-order valence-electron chi connectivity index (χ3n) is 6.71. The molecule has 1 aromatic heterocycles. The van der Waals surface area contributed by atoms with Crippen LogP contribution in [0.5, 0.6) is 5.75 Å². The highest BCUT2D eigenvalue weighted by Gasteiger charge is 2.19. The van der Waals surface area contributed by atoms with Gasteiger partial charge in [0.15, 0.2) is 0 Å². The standard InChI is InChI=1S/C32H28N2O4/c1-3-29(35)33-22-16-17-24-21(19-22)10-6-15-28(24)38-18-8-14-27-26-13-7-12-25(23-11-5-4-9-20(23)2)30(26)34-31(27)32(36)37/h3-7,9-13,15-17,19,34H,1,8,14,18H2,2H3,(H,33,35)(H,36,37). The second-order valence-corrected chi connectivity index (χ2v) is 9.16. The molecule has 0 aliphatic carbocycles. The lowest BCUT2D eigenvalue weighted by Gasteiger charge is -2.11. The molecule has 0 atom stereocenters. The molecule has 0 aliphatic heterocycles. The Kier molecular flexibility index (Phi) is 6.96. The van der Waals surface area contributed by atoms with Crippen molar-refractivity contribution >= 4 is 39.2 Å². The third-order valence-corrected chi connectivity index (χ3v) is 6.71. The maximum atomic E-state index is 12.1. The monoisotopic (exact) mass is 504 g/mol. The summed E-state index contributed by atoms with van der Waals surface area (Å²) < 4.78 is 6.12. The van der Waals surface area contributed by atoms with Crippen LogP contribution in [0.2, 0.25) is 0 Å². The average molecular weight is 505 g/mol. The molecule has 1 amide bonds. The van der Waals surface area contributed by atoms with E-state index in [9.17, 15) is 14.7 Å². The number of anilines is 1. The van der Waals surface area contributed by atoms with E-state index in [2.05, 4.69) is 35.9 Å². The zero-order valence-electron chi connectivity index (χ0n) is 21.1. The summed E-state index contributed by atoms with van der Waals surface area (Å²) in [5.41, 5.74) is 5.73. The van der Waals surface area contributed by atoms with Crippen molar-refractivity contribution in [3.05, 3.63) is 108 Å². The number of ether oxygens (including phenoxy) is 1. The van der Waals surface area contributed by atoms with Gasteiger partial charge in [-0.05, 0) is 72.2 Å². The summed E-state index contributed by atoms with van der Waals surface area (Å²) in [5.74, 6) is -0.495. The van der Waals surface area contributed by atoms with Gasteiger partial charge in [-0.15, -0.1) is 0 Å². The number of benzene rings is 4. The summed E-state index contributed by atoms with van der Waals surface area (Å²) in [6.45, 7) is 5.96. The quantitative estimate of drug-likeness (QED) is 0.147. The number of aromatic amines is 1. The summed E-state index contributed by atoms with van der Waals surface area (Å²) in [6.07, 6.45) is 2.43. The molecule has 1 heterocycles. The molecule has 190 valence electrons. The summed E-state index contributed by atoms with van der Waals surface area (Å²) in [7, 11) is 0. The molecule has 6 nitrogen and oxygen atoms in total. The number of fused-ring (bicyclic) bond motifs is 2. The highest BCUT2D eigenvalue weighted by atomic mass is 16.5. The number of carbonyl (C=O) groups is 2. The number of para-hydroxylation sites is 1. The molecule has 0 radical (unpaired) electrons. The van der Waals surface area contributed by atoms with Gasteiger partial charge in [0.2, 0.25) is 5.91 Å². The van der Waals surface area contributed by atoms with Crippen molar-refractivity contribution in [2.75, 3.05) is 11.9 Å². The first kappa shape index (κ1) is 24.8. The Morgan fingerprint density at radius 1 is 0.974 bits per heavy atom. The predicted molar refractivity (Wildman–Crippen MR) is 152 cm³/mol. The van der Waals surface area contributed by atoms with Crippen LogP contribution in [0.4, 0.5) is 5.69 Å². The number of hydrogen-bond donors (Lipinski definition) is 3. The maximum absolute atomic E-state index is 12.1. The van der Waals surface area contributed by atoms with Crippen molar-refractivity contribution in [3.63, 3.8) is 0 Å². The first-order chi connectivity index (χ1) is 18.5. The van der Waals surface area contributed by atoms with E-state index < -0.39 is 5.97 Å². The van der Waals surface area contributed by atoms with Crippen molar-refractivity contribution < 1.29 is 19.4 Å². The second kappa shape index (κ2) is 10.6. The molecule has 6 heteroatoms. The Morgan fingerprint density at radius 3 is 2.55 bits per heavy atom. The molecule has 0 saturated heterocycles. The number of carboxylic acid groups (broad SMARTS) is 1. The molecule has 0 bridgehead atoms. The normalized spacial score (nSPS) is 11.0. The first-order valence-corrected chi connectivity index (χ1v) is 12.5. The molecule has 5 rings (SSSR count). The Labute approximate surface area is 220 Å². The lowest BCUT2D eigenvalue weighted by atomic mass is 9.97. The number of carboxylic acids is 1. The zero-order valence-corrected chi connectivity index (χ0v) is 21.1. The van der Waals surface area contributed by atoms with Crippen molar-refractivity contribution in [1.82, 2.24) is 4.98 Å². The molecular weight excluding hydrogens is 476 g/mol. The van der Waals surface area contributed by atoms with Crippen LogP contribution in [0.3, 0.4) is 0 Å². The van der Waals surface area contributed by atoms with Crippen LogP contribution in [0, 0.1) is 6.92 Å². The zero-order chi connectivity index (χ0) is 26.6. The van der Waals surface area contributed by atoms with Crippen LogP contribution in [0.15, 0.2) is 91.5 Å². The lowest BCUT2D eigenvalue weighted by Crippen LogP contribution is -2.07. The molecule has 0 spiro atoms. The summed E-state index contributed by atoms with van der Waals surface area (Å²) in [5, 5.41) is 15.5. The Balaban J connectivity index is 1.36. The fraction of sp³-hybridized carbons (Fsp3) is 0.125. The molecule has 0 saturated carbocycles. The van der Waals surface area contributed by atoms with Gasteiger partial charge < -0.3 is 20.1 Å². The van der Waals surface area contributed by atoms with Crippen molar-refractivity contribution in [1.29, 1.82) is 0 Å². The molecule has 4 aromatic carbocycles. The predicted octanol–water partition coefficient (Wildman–Crippen LogP) is 7.13. The van der Waals surface area contributed by atoms with Gasteiger partial charge in [0, 0.05) is 22.0 Å². The minimum atomic E-state index is -0.971. The maximum Gasteiger partial charge on any atom is 0.352 e. The van der Waals surface area contributed by atoms with E-state index in [1.807, 2.05) is 66.7 Å². The van der Waals surface area contributed by atoms with E-state index >= 15 is 0 Å². The number of aromatic carboxylic acids is 1. The number of amides is 1. The van der Waals surface area contributed by atoms with E-state index in [4.69, 9.17) is 4.74 Å². The molecule has 0 aliphatic rings. The molecule has 3 N–H and O–H groups in total. The minimum absolute atomic E-state index is 0.222. The molecule has 5 aromatic rings. The van der Waals surface area contributed by atoms with E-state index in [1.165, 1.54) is 6.08 Å². The van der Waals surface area contributed by atoms with Gasteiger partial charge in [-0.3, -0.25) is 4.79 Å². The number of H-pyrrole nitrogens is 1. The highest BCUT2D eigenvalue weighted by molar-refractivity contribution is 6.03. The number of aromatic nitrogens is 1. The van der Waals surface area contributed by atoms with Crippen LogP contribution in [0.25, 0.3) is 32.8 Å². The number of aryl methyl sites for hydroxylation is 2. The number of nitrogens with one attached hydrogen (secondary N) is 2. The van der Waals surface area contributed by atoms with Crippen LogP contribution < -0.4 is 10.1 Å². The average Bonchev–Trinajstić information content (AvgIpc) is 3.30. The van der Waals surface area contributed by atoms with E-state index in [-0.39, 0.29) is 11.6 Å². The summed E-state index contributed by atoms with van der Waals surface area (Å²) >= 11 is 0. The fourth-order valence-electron chi connectivity index (χ4n) is 4.90. The van der Waals surface area contributed by atoms with Crippen molar-refractivity contribution in [2.24, 2.45) is 0 Å². The number of hydrogen-bond acceptors (Lipinski definition) is 3. The lowest BCUT2D eigenvalue weighted by molar-refractivity contribution is -0.111. The largest absolute Gasteiger partial charge is 0.493 e. The second-order valence-electron chi connectivity index (χ2n) is 9.16. The smallest absolute Gasteiger partial charge is 0.352 e. The van der Waals surface area contributed by atoms with Crippen LogP contribution >= 0.6 is 0 Å². The van der Waals surface area contributed by atoms with Gasteiger partial charge in [-0.1, -0.05) is 61.2 Å². The van der Waals surface area contributed by atoms with Crippen molar-refractivity contribution in [3.8, 4) is 16.9 Å². The molecule has 0 fully saturated rings. The molecule has 38 heavy (non-hydrogen) atoms. The van der Waals surface area contributed by atoms with Crippen LogP contribution in [-0.4, -0.2) is 28.6 Å². The van der Waals surface area contributed by atoms with E-state index in [1.54, 1.807) is 0 Å². The van der Waals surface area contributed by atoms with Crippen molar-refractivity contribution in [2.45, 2.75) is 19.8 Å². The Bertz CT molecular complexity index is 1680. The van der Waals surface area contributed by atoms with Gasteiger partial charge in [0.25, 0.3) is 0 Å². The molecule has 0 unspecified atom stereocenters. The highest BCUT2D eigenvalue weighted by Crippen LogP contribution is 2.34. The Hall–Kier alpha value is -4.84. The van der Waals surface area contributed by atoms with E-state index in [0.29, 0.717) is 25.1 Å². The topological polar surface area (TPSA) is 91.4 Å².